The minimum atomic E-state index is -0.308. The number of hydrogen-bond acceptors (Lipinski definition) is 3. The second-order valence-electron chi connectivity index (χ2n) is 8.02. The Balaban J connectivity index is 1.41. The van der Waals surface area contributed by atoms with Gasteiger partial charge in [-0.3, -0.25) is 9.59 Å². The number of anilines is 2. The van der Waals surface area contributed by atoms with Gasteiger partial charge in [-0.1, -0.05) is 6.07 Å². The van der Waals surface area contributed by atoms with E-state index in [0.717, 1.165) is 54.7 Å². The average Bonchev–Trinajstić information content (AvgIpc) is 3.38. The maximum Gasteiger partial charge on any atom is 0.276 e. The van der Waals surface area contributed by atoms with E-state index in [4.69, 9.17) is 0 Å². The van der Waals surface area contributed by atoms with Gasteiger partial charge < -0.3 is 10.2 Å². The minimum Gasteiger partial charge on any atom is -0.321 e. The number of halogens is 1. The highest BCUT2D eigenvalue weighted by molar-refractivity contribution is 6.04. The zero-order valence-corrected chi connectivity index (χ0v) is 17.1. The summed E-state index contributed by atoms with van der Waals surface area (Å²) >= 11 is 0. The summed E-state index contributed by atoms with van der Waals surface area (Å²) in [6.45, 7) is 0.700. The van der Waals surface area contributed by atoms with E-state index in [1.807, 2.05) is 24.3 Å². The second-order valence-corrected chi connectivity index (χ2v) is 8.02. The van der Waals surface area contributed by atoms with Gasteiger partial charge in [0.1, 0.15) is 5.82 Å². The first kappa shape index (κ1) is 19.5. The van der Waals surface area contributed by atoms with E-state index in [1.165, 1.54) is 12.1 Å². The van der Waals surface area contributed by atoms with Crippen molar-refractivity contribution in [1.82, 2.24) is 9.78 Å². The molecule has 2 aromatic carbocycles. The molecule has 0 atom stereocenters. The smallest absolute Gasteiger partial charge is 0.276 e. The molecule has 158 valence electrons. The third-order valence-corrected chi connectivity index (χ3v) is 5.96. The lowest BCUT2D eigenvalue weighted by molar-refractivity contribution is -0.119. The zero-order chi connectivity index (χ0) is 21.4. The Bertz CT molecular complexity index is 1150. The first-order valence-corrected chi connectivity index (χ1v) is 10.7. The molecule has 2 heterocycles. The topological polar surface area (TPSA) is 67.2 Å². The predicted molar refractivity (Wildman–Crippen MR) is 116 cm³/mol. The number of nitrogens with one attached hydrogen (secondary N) is 1. The Morgan fingerprint density at radius 3 is 2.61 bits per heavy atom. The number of hydrogen-bond donors (Lipinski definition) is 1. The van der Waals surface area contributed by atoms with Crippen LogP contribution < -0.4 is 10.2 Å². The maximum atomic E-state index is 13.3. The van der Waals surface area contributed by atoms with Gasteiger partial charge in [0.05, 0.1) is 5.69 Å². The summed E-state index contributed by atoms with van der Waals surface area (Å²) in [5.74, 6) is -0.468. The summed E-state index contributed by atoms with van der Waals surface area (Å²) < 4.78 is 15.1. The number of benzene rings is 2. The number of aromatic nitrogens is 2. The van der Waals surface area contributed by atoms with Crippen molar-refractivity contribution in [3.05, 3.63) is 71.3 Å². The monoisotopic (exact) mass is 418 g/mol. The van der Waals surface area contributed by atoms with Crippen LogP contribution in [0, 0.1) is 5.82 Å². The number of amides is 2. The van der Waals surface area contributed by atoms with Crippen LogP contribution in [0.3, 0.4) is 0 Å². The van der Waals surface area contributed by atoms with Crippen LogP contribution in [-0.2, 0) is 17.6 Å². The fourth-order valence-corrected chi connectivity index (χ4v) is 4.44. The summed E-state index contributed by atoms with van der Waals surface area (Å²) in [4.78, 5) is 27.1. The number of nitrogens with zero attached hydrogens (tertiary/aromatic N) is 3. The Kier molecular flexibility index (Phi) is 5.02. The van der Waals surface area contributed by atoms with Crippen molar-refractivity contribution in [2.75, 3.05) is 16.8 Å². The lowest BCUT2D eigenvalue weighted by Gasteiger charge is -2.27. The fourth-order valence-electron chi connectivity index (χ4n) is 4.44. The third kappa shape index (κ3) is 3.71. The van der Waals surface area contributed by atoms with Crippen molar-refractivity contribution in [1.29, 1.82) is 0 Å². The van der Waals surface area contributed by atoms with E-state index in [9.17, 15) is 14.0 Å². The van der Waals surface area contributed by atoms with Gasteiger partial charge in [0, 0.05) is 35.6 Å². The molecule has 1 aromatic heterocycles. The molecule has 31 heavy (non-hydrogen) atoms. The lowest BCUT2D eigenvalue weighted by atomic mass is 10.1. The van der Waals surface area contributed by atoms with Crippen LogP contribution >= 0.6 is 0 Å². The first-order valence-electron chi connectivity index (χ1n) is 10.7. The van der Waals surface area contributed by atoms with Crippen LogP contribution in [-0.4, -0.2) is 28.1 Å². The highest BCUT2D eigenvalue weighted by Crippen LogP contribution is 2.29. The average molecular weight is 418 g/mol. The van der Waals surface area contributed by atoms with Gasteiger partial charge in [-0.2, -0.15) is 5.10 Å². The first-order chi connectivity index (χ1) is 15.1. The normalized spacial score (nSPS) is 15.8. The molecule has 1 fully saturated rings. The van der Waals surface area contributed by atoms with Gasteiger partial charge in [-0.05, 0) is 74.6 Å². The van der Waals surface area contributed by atoms with Gasteiger partial charge in [-0.15, -0.1) is 0 Å². The van der Waals surface area contributed by atoms with Gasteiger partial charge in [0.25, 0.3) is 5.91 Å². The molecule has 1 aliphatic carbocycles. The summed E-state index contributed by atoms with van der Waals surface area (Å²) in [7, 11) is 0. The zero-order valence-electron chi connectivity index (χ0n) is 17.1. The second kappa shape index (κ2) is 7.98. The number of carbonyl (C=O) groups excluding carboxylic acids is 2. The quantitative estimate of drug-likeness (QED) is 0.688. The van der Waals surface area contributed by atoms with Gasteiger partial charge in [0.15, 0.2) is 5.69 Å². The molecule has 1 N–H and O–H groups in total. The predicted octanol–water partition coefficient (Wildman–Crippen LogP) is 4.27. The van der Waals surface area contributed by atoms with E-state index < -0.39 is 0 Å². The van der Waals surface area contributed by atoms with Crippen LogP contribution in [0.4, 0.5) is 15.8 Å². The summed E-state index contributed by atoms with van der Waals surface area (Å²) in [5.41, 5.74) is 4.52. The molecule has 1 aliphatic heterocycles. The molecular weight excluding hydrogens is 395 g/mol. The summed E-state index contributed by atoms with van der Waals surface area (Å²) in [5, 5.41) is 7.51. The standard InChI is InChI=1S/C24H23FN4O2/c25-16-10-12-18(13-11-16)29-21-8-4-7-20(21)23(27-29)24(31)26-17-5-3-6-19(15-17)28-14-2-1-9-22(28)30/h3,5-6,10-13,15H,1-2,4,7-9,14H2,(H,26,31). The van der Waals surface area contributed by atoms with E-state index in [0.29, 0.717) is 24.3 Å². The minimum absolute atomic E-state index is 0.116. The van der Waals surface area contributed by atoms with Crippen molar-refractivity contribution in [3.8, 4) is 5.69 Å². The van der Waals surface area contributed by atoms with Gasteiger partial charge in [-0.25, -0.2) is 9.07 Å². The Morgan fingerprint density at radius 1 is 0.968 bits per heavy atom. The lowest BCUT2D eigenvalue weighted by Crippen LogP contribution is -2.35. The van der Waals surface area contributed by atoms with Crippen molar-refractivity contribution in [2.45, 2.75) is 38.5 Å². The molecule has 2 amide bonds. The Hall–Kier alpha value is -3.48. The SMILES string of the molecule is O=C(Nc1cccc(N2CCCCC2=O)c1)c1nn(-c2ccc(F)cc2)c2c1CCC2. The molecule has 3 aromatic rings. The molecule has 5 rings (SSSR count). The molecule has 7 heteroatoms. The molecule has 0 saturated carbocycles. The largest absolute Gasteiger partial charge is 0.321 e. The van der Waals surface area contributed by atoms with Crippen LogP contribution in [0.1, 0.15) is 47.4 Å². The molecule has 1 saturated heterocycles. The van der Waals surface area contributed by atoms with Crippen LogP contribution in [0.2, 0.25) is 0 Å². The van der Waals surface area contributed by atoms with Crippen molar-refractivity contribution in [2.24, 2.45) is 0 Å². The van der Waals surface area contributed by atoms with E-state index in [1.54, 1.807) is 21.7 Å². The van der Waals surface area contributed by atoms with E-state index in [2.05, 4.69) is 10.4 Å². The number of carbonyl (C=O) groups is 2. The molecular formula is C24H23FN4O2. The van der Waals surface area contributed by atoms with Crippen LogP contribution in [0.25, 0.3) is 5.69 Å². The van der Waals surface area contributed by atoms with E-state index in [-0.39, 0.29) is 17.6 Å². The summed E-state index contributed by atoms with van der Waals surface area (Å²) in [6.07, 6.45) is 5.05. The van der Waals surface area contributed by atoms with Crippen LogP contribution in [0.5, 0.6) is 0 Å². The number of piperidine rings is 1. The number of fused-ring (bicyclic) bond motifs is 1. The molecule has 0 radical (unpaired) electrons. The van der Waals surface area contributed by atoms with Gasteiger partial charge >= 0.3 is 0 Å². The van der Waals surface area contributed by atoms with Crippen LogP contribution in [0.15, 0.2) is 48.5 Å². The van der Waals surface area contributed by atoms with Crippen molar-refractivity contribution >= 4 is 23.2 Å². The van der Waals surface area contributed by atoms with Gasteiger partial charge in [0.2, 0.25) is 5.91 Å². The molecule has 0 bridgehead atoms. The Labute approximate surface area is 179 Å². The molecule has 2 aliphatic rings. The number of rotatable bonds is 4. The third-order valence-electron chi connectivity index (χ3n) is 5.96. The maximum absolute atomic E-state index is 13.3. The highest BCUT2D eigenvalue weighted by Gasteiger charge is 2.27. The highest BCUT2D eigenvalue weighted by atomic mass is 19.1. The Morgan fingerprint density at radius 2 is 1.81 bits per heavy atom. The van der Waals surface area contributed by atoms with Crippen molar-refractivity contribution in [3.63, 3.8) is 0 Å². The molecule has 6 nitrogen and oxygen atoms in total. The molecule has 0 unspecified atom stereocenters. The summed E-state index contributed by atoms with van der Waals surface area (Å²) in [6, 6.07) is 13.5. The van der Waals surface area contributed by atoms with Crippen molar-refractivity contribution < 1.29 is 14.0 Å². The molecule has 0 spiro atoms. The van der Waals surface area contributed by atoms with E-state index >= 15 is 0 Å². The fraction of sp³-hybridized carbons (Fsp3) is 0.292.